The van der Waals surface area contributed by atoms with Crippen LogP contribution in [0.4, 0.5) is 4.39 Å². The van der Waals surface area contributed by atoms with Gasteiger partial charge in [0, 0.05) is 8.07 Å². The van der Waals surface area contributed by atoms with Crippen LogP contribution in [-0.4, -0.2) is 32.2 Å². The lowest BCUT2D eigenvalue weighted by Gasteiger charge is -2.26. The maximum atomic E-state index is 13.3. The van der Waals surface area contributed by atoms with E-state index < -0.39 is 13.7 Å². The van der Waals surface area contributed by atoms with Gasteiger partial charge in [0.2, 0.25) is 0 Å². The Hall–Kier alpha value is -2.47. The fraction of sp³-hybridized carbons (Fsp3) is 0.562. The first-order valence-electron chi connectivity index (χ1n) is 14.0. The summed E-state index contributed by atoms with van der Waals surface area (Å²) in [6, 6.07) is 15.5. The topological polar surface area (TPSA) is 52.6 Å². The van der Waals surface area contributed by atoms with E-state index in [-0.39, 0.29) is 29.6 Å². The van der Waals surface area contributed by atoms with Crippen molar-refractivity contribution in [2.75, 3.05) is 6.61 Å². The second-order valence-corrected chi connectivity index (χ2v) is 18.1. The summed E-state index contributed by atoms with van der Waals surface area (Å²) in [5.41, 5.74) is 2.51. The van der Waals surface area contributed by atoms with E-state index in [4.69, 9.17) is 9.47 Å². The van der Waals surface area contributed by atoms with Crippen LogP contribution in [0, 0.1) is 17.7 Å². The van der Waals surface area contributed by atoms with Crippen molar-refractivity contribution in [3.63, 3.8) is 0 Å². The molecule has 2 aromatic rings. The van der Waals surface area contributed by atoms with Gasteiger partial charge in [-0.1, -0.05) is 75.8 Å². The van der Waals surface area contributed by atoms with Gasteiger partial charge in [0.1, 0.15) is 11.4 Å². The van der Waals surface area contributed by atoms with E-state index in [2.05, 4.69) is 38.7 Å². The van der Waals surface area contributed by atoms with Crippen LogP contribution >= 0.6 is 0 Å². The van der Waals surface area contributed by atoms with Crippen LogP contribution in [-0.2, 0) is 25.5 Å². The first-order chi connectivity index (χ1) is 17.8. The first-order valence-corrected chi connectivity index (χ1v) is 17.7. The number of hydrogen-bond donors (Lipinski definition) is 0. The number of hydrogen-bond acceptors (Lipinski definition) is 4. The summed E-state index contributed by atoms with van der Waals surface area (Å²) in [6.07, 6.45) is 4.33. The molecule has 2 rings (SSSR count). The Kier molecular flexibility index (Phi) is 12.2. The summed E-state index contributed by atoms with van der Waals surface area (Å²) >= 11 is 0. The summed E-state index contributed by atoms with van der Waals surface area (Å²) in [5, 5.41) is 0. The number of benzene rings is 2. The monoisotopic (exact) mass is 542 g/mol. The van der Waals surface area contributed by atoms with Gasteiger partial charge in [0.25, 0.3) is 0 Å². The van der Waals surface area contributed by atoms with Gasteiger partial charge in [0.05, 0.1) is 18.4 Å². The molecule has 0 spiro atoms. The molecule has 0 N–H and O–H groups in total. The molecule has 38 heavy (non-hydrogen) atoms. The molecule has 0 aliphatic heterocycles. The van der Waals surface area contributed by atoms with Crippen LogP contribution < -0.4 is 0 Å². The Labute approximate surface area is 230 Å². The molecule has 0 saturated heterocycles. The number of aryl methyl sites for hydroxylation is 1. The molecule has 0 aromatic heterocycles. The van der Waals surface area contributed by atoms with Crippen LogP contribution in [0.1, 0.15) is 65.4 Å². The molecule has 4 nitrogen and oxygen atoms in total. The molecule has 2 atom stereocenters. The van der Waals surface area contributed by atoms with E-state index in [1.165, 1.54) is 12.1 Å². The third-order valence-electron chi connectivity index (χ3n) is 6.56. The highest BCUT2D eigenvalue weighted by atomic mass is 28.3. The Balaban J connectivity index is 2.15. The van der Waals surface area contributed by atoms with Crippen LogP contribution in [0.5, 0.6) is 0 Å². The Bertz CT molecular complexity index is 1000. The second kappa shape index (κ2) is 14.6. The number of rotatable bonds is 14. The van der Waals surface area contributed by atoms with E-state index in [1.54, 1.807) is 12.1 Å². The van der Waals surface area contributed by atoms with Crippen molar-refractivity contribution in [3.05, 3.63) is 59.9 Å². The first kappa shape index (κ1) is 31.7. The van der Waals surface area contributed by atoms with Crippen LogP contribution in [0.15, 0.2) is 48.5 Å². The molecular weight excluding hydrogens is 495 g/mol. The van der Waals surface area contributed by atoms with Gasteiger partial charge in [-0.3, -0.25) is 9.59 Å². The van der Waals surface area contributed by atoms with Gasteiger partial charge in [-0.2, -0.15) is 0 Å². The van der Waals surface area contributed by atoms with E-state index >= 15 is 0 Å². The molecule has 2 aromatic carbocycles. The average Bonchev–Trinajstić information content (AvgIpc) is 2.82. The Morgan fingerprint density at radius 3 is 1.95 bits per heavy atom. The number of halogens is 1. The Morgan fingerprint density at radius 1 is 0.868 bits per heavy atom. The summed E-state index contributed by atoms with van der Waals surface area (Å²) in [5.74, 6) is -1.39. The number of esters is 2. The molecule has 6 heteroatoms. The van der Waals surface area contributed by atoms with Gasteiger partial charge in [-0.25, -0.2) is 4.39 Å². The van der Waals surface area contributed by atoms with E-state index in [0.717, 1.165) is 35.6 Å². The van der Waals surface area contributed by atoms with Crippen molar-refractivity contribution in [1.82, 2.24) is 0 Å². The highest BCUT2D eigenvalue weighted by Crippen LogP contribution is 2.28. The number of carbonyl (C=O) groups is 2. The predicted molar refractivity (Wildman–Crippen MR) is 156 cm³/mol. The molecule has 0 radical (unpaired) electrons. The lowest BCUT2D eigenvalue weighted by molar-refractivity contribution is -0.162. The molecule has 0 heterocycles. The van der Waals surface area contributed by atoms with Crippen molar-refractivity contribution in [3.8, 4) is 11.1 Å². The zero-order valence-electron chi connectivity index (χ0n) is 24.4. The number of carbonyl (C=O) groups excluding carboxylic acids is 2. The predicted octanol–water partition coefficient (Wildman–Crippen LogP) is 8.46. The summed E-state index contributed by atoms with van der Waals surface area (Å²) in [6.45, 7) is 14.9. The third kappa shape index (κ3) is 11.9. The quantitative estimate of drug-likeness (QED) is 0.177. The normalized spacial score (nSPS) is 13.6. The number of unbranched alkanes of at least 4 members (excludes halogenated alkanes) is 1. The van der Waals surface area contributed by atoms with Crippen molar-refractivity contribution < 1.29 is 23.5 Å². The van der Waals surface area contributed by atoms with Crippen molar-refractivity contribution in [2.45, 2.75) is 97.5 Å². The van der Waals surface area contributed by atoms with Crippen molar-refractivity contribution >= 4 is 20.0 Å². The zero-order valence-corrected chi connectivity index (χ0v) is 25.4. The van der Waals surface area contributed by atoms with E-state index in [1.807, 2.05) is 32.9 Å². The molecule has 0 unspecified atom stereocenters. The molecule has 0 fully saturated rings. The lowest BCUT2D eigenvalue weighted by atomic mass is 9.86. The molecule has 0 aliphatic carbocycles. The van der Waals surface area contributed by atoms with Crippen LogP contribution in [0.3, 0.4) is 0 Å². The molecule has 0 aliphatic rings. The van der Waals surface area contributed by atoms with Crippen molar-refractivity contribution in [1.29, 1.82) is 0 Å². The van der Waals surface area contributed by atoms with Crippen molar-refractivity contribution in [2.24, 2.45) is 11.8 Å². The van der Waals surface area contributed by atoms with Gasteiger partial charge in [-0.15, -0.1) is 0 Å². The van der Waals surface area contributed by atoms with Crippen LogP contribution in [0.2, 0.25) is 25.7 Å². The molecular formula is C32H47FO4Si. The Morgan fingerprint density at radius 2 is 1.42 bits per heavy atom. The maximum Gasteiger partial charge on any atom is 0.309 e. The summed E-state index contributed by atoms with van der Waals surface area (Å²) in [4.78, 5) is 26.3. The van der Waals surface area contributed by atoms with E-state index in [9.17, 15) is 14.0 Å². The second-order valence-electron chi connectivity index (χ2n) is 12.5. The van der Waals surface area contributed by atoms with Gasteiger partial charge >= 0.3 is 11.9 Å². The summed E-state index contributed by atoms with van der Waals surface area (Å²) < 4.78 is 24.7. The van der Waals surface area contributed by atoms with Gasteiger partial charge in [0.15, 0.2) is 0 Å². The molecule has 0 saturated carbocycles. The highest BCUT2D eigenvalue weighted by Gasteiger charge is 2.31. The minimum atomic E-state index is -1.33. The SMILES string of the molecule is CCCC[C@@H](C[C@@H](CCc1ccc(-c2ccc(F)cc2)cc1)C(=O)OCC[Si](C)(C)C)C(=O)OC(C)(C)C. The fourth-order valence-corrected chi connectivity index (χ4v) is 4.98. The minimum absolute atomic E-state index is 0.212. The van der Waals surface area contributed by atoms with Crippen LogP contribution in [0.25, 0.3) is 11.1 Å². The van der Waals surface area contributed by atoms with Gasteiger partial charge in [-0.05, 0) is 81.3 Å². The molecule has 210 valence electrons. The average molecular weight is 543 g/mol. The summed E-state index contributed by atoms with van der Waals surface area (Å²) in [7, 11) is -1.33. The highest BCUT2D eigenvalue weighted by molar-refractivity contribution is 6.76. The van der Waals surface area contributed by atoms with Gasteiger partial charge < -0.3 is 9.47 Å². The molecule has 0 amide bonds. The molecule has 0 bridgehead atoms. The fourth-order valence-electron chi connectivity index (χ4n) is 4.27. The minimum Gasteiger partial charge on any atom is -0.466 e. The largest absolute Gasteiger partial charge is 0.466 e. The third-order valence-corrected chi connectivity index (χ3v) is 8.26. The standard InChI is InChI=1S/C32H47FO4Si/c1-8-9-10-27(31(35)37-32(2,3)4)23-28(30(34)36-21-22-38(5,6)7)16-13-24-11-14-25(15-12-24)26-17-19-29(33)20-18-26/h11-12,14-15,17-20,27-28H,8-10,13,16,21-23H2,1-7H3/t27-,28+/m0/s1. The maximum absolute atomic E-state index is 13.3. The lowest BCUT2D eigenvalue weighted by Crippen LogP contribution is -2.32. The zero-order chi connectivity index (χ0) is 28.3. The van der Waals surface area contributed by atoms with E-state index in [0.29, 0.717) is 32.3 Å². The smallest absolute Gasteiger partial charge is 0.309 e. The number of ether oxygens (including phenoxy) is 2.